The third-order valence-electron chi connectivity index (χ3n) is 1.45. The SMILES string of the molecule is CN[NH+]1C(=O)OCC1C.[Cl-]. The van der Waals surface area contributed by atoms with Crippen LogP contribution in [0.5, 0.6) is 0 Å². The molecule has 1 heterocycles. The Morgan fingerprint density at radius 2 is 2.40 bits per heavy atom. The number of quaternary nitrogens is 1. The molecule has 0 bridgehead atoms. The lowest BCUT2D eigenvalue weighted by Gasteiger charge is -2.07. The topological polar surface area (TPSA) is 42.8 Å². The van der Waals surface area contributed by atoms with Gasteiger partial charge >= 0.3 is 6.09 Å². The van der Waals surface area contributed by atoms with E-state index in [-0.39, 0.29) is 24.5 Å². The zero-order valence-electron chi connectivity index (χ0n) is 5.98. The van der Waals surface area contributed by atoms with E-state index in [1.54, 1.807) is 7.05 Å². The van der Waals surface area contributed by atoms with E-state index < -0.39 is 0 Å². The second-order valence-corrected chi connectivity index (χ2v) is 2.16. The van der Waals surface area contributed by atoms with Crippen LogP contribution in [0.2, 0.25) is 0 Å². The molecule has 0 saturated carbocycles. The summed E-state index contributed by atoms with van der Waals surface area (Å²) in [5.41, 5.74) is 2.81. The van der Waals surface area contributed by atoms with Crippen LogP contribution in [0.4, 0.5) is 4.79 Å². The summed E-state index contributed by atoms with van der Waals surface area (Å²) in [7, 11) is 1.73. The van der Waals surface area contributed by atoms with Gasteiger partial charge in [-0.1, -0.05) is 0 Å². The molecule has 10 heavy (non-hydrogen) atoms. The summed E-state index contributed by atoms with van der Waals surface area (Å²) >= 11 is 0. The van der Waals surface area contributed by atoms with Crippen LogP contribution in [0.1, 0.15) is 6.92 Å². The van der Waals surface area contributed by atoms with E-state index in [0.717, 1.165) is 0 Å². The van der Waals surface area contributed by atoms with Gasteiger partial charge in [0.1, 0.15) is 6.04 Å². The van der Waals surface area contributed by atoms with Crippen LogP contribution in [0.3, 0.4) is 0 Å². The van der Waals surface area contributed by atoms with Gasteiger partial charge in [-0.15, -0.1) is 0 Å². The second kappa shape index (κ2) is 3.75. The average molecular weight is 167 g/mol. The molecule has 1 aliphatic rings. The van der Waals surface area contributed by atoms with E-state index >= 15 is 0 Å². The Labute approximate surface area is 65.9 Å². The van der Waals surface area contributed by atoms with Gasteiger partial charge in [-0.2, -0.15) is 15.2 Å². The first-order valence-corrected chi connectivity index (χ1v) is 2.97. The Hall–Kier alpha value is -0.320. The molecule has 0 aromatic carbocycles. The minimum atomic E-state index is -0.204. The van der Waals surface area contributed by atoms with Crippen LogP contribution < -0.4 is 22.8 Å². The number of carbonyl (C=O) groups excluding carboxylic acids is 1. The van der Waals surface area contributed by atoms with Crippen molar-refractivity contribution in [1.82, 2.24) is 5.43 Å². The van der Waals surface area contributed by atoms with Crippen molar-refractivity contribution in [2.24, 2.45) is 0 Å². The number of amides is 1. The van der Waals surface area contributed by atoms with E-state index in [0.29, 0.717) is 11.6 Å². The molecule has 4 nitrogen and oxygen atoms in total. The third-order valence-corrected chi connectivity index (χ3v) is 1.45. The number of cyclic esters (lactones) is 1. The molecule has 0 aromatic heterocycles. The Balaban J connectivity index is 0.000000810. The van der Waals surface area contributed by atoms with Crippen molar-refractivity contribution in [2.75, 3.05) is 13.7 Å². The van der Waals surface area contributed by atoms with Crippen molar-refractivity contribution in [3.63, 3.8) is 0 Å². The fourth-order valence-corrected chi connectivity index (χ4v) is 0.911. The first-order chi connectivity index (χ1) is 4.25. The van der Waals surface area contributed by atoms with Crippen molar-refractivity contribution in [3.05, 3.63) is 0 Å². The monoisotopic (exact) mass is 166 g/mol. The normalized spacial score (nSPS) is 31.2. The molecule has 60 valence electrons. The summed E-state index contributed by atoms with van der Waals surface area (Å²) in [4.78, 5) is 10.7. The van der Waals surface area contributed by atoms with E-state index in [9.17, 15) is 4.79 Å². The predicted octanol–water partition coefficient (Wildman–Crippen LogP) is -4.45. The minimum absolute atomic E-state index is 0. The molecule has 5 heteroatoms. The number of rotatable bonds is 1. The van der Waals surface area contributed by atoms with Gasteiger partial charge in [0.2, 0.25) is 0 Å². The summed E-state index contributed by atoms with van der Waals surface area (Å²) in [5.74, 6) is 0. The molecular formula is C5H11ClN2O2. The lowest BCUT2D eigenvalue weighted by molar-refractivity contribution is -0.877. The first-order valence-electron chi connectivity index (χ1n) is 2.97. The Morgan fingerprint density at radius 3 is 2.60 bits per heavy atom. The smallest absolute Gasteiger partial charge is 0.534 e. The van der Waals surface area contributed by atoms with Crippen molar-refractivity contribution in [1.29, 1.82) is 0 Å². The largest absolute Gasteiger partial charge is 1.00 e. The molecular weight excluding hydrogens is 156 g/mol. The zero-order chi connectivity index (χ0) is 6.85. The van der Waals surface area contributed by atoms with Crippen LogP contribution in [0.25, 0.3) is 0 Å². The molecule has 0 spiro atoms. The van der Waals surface area contributed by atoms with Gasteiger partial charge in [0.15, 0.2) is 6.61 Å². The predicted molar refractivity (Wildman–Crippen MR) is 30.8 cm³/mol. The van der Waals surface area contributed by atoms with Gasteiger partial charge in [-0.05, 0) is 6.92 Å². The Bertz CT molecular complexity index is 131. The molecule has 2 unspecified atom stereocenters. The molecule has 1 rings (SSSR count). The average Bonchev–Trinajstić information content (AvgIpc) is 2.12. The van der Waals surface area contributed by atoms with Gasteiger partial charge in [-0.3, -0.25) is 0 Å². The molecule has 1 saturated heterocycles. The van der Waals surface area contributed by atoms with Crippen LogP contribution >= 0.6 is 0 Å². The number of alkyl carbamates (subject to hydrolysis) is 1. The molecule has 1 fully saturated rings. The zero-order valence-corrected chi connectivity index (χ0v) is 6.73. The fourth-order valence-electron chi connectivity index (χ4n) is 0.911. The Morgan fingerprint density at radius 1 is 1.80 bits per heavy atom. The second-order valence-electron chi connectivity index (χ2n) is 2.16. The summed E-state index contributed by atoms with van der Waals surface area (Å²) < 4.78 is 4.73. The van der Waals surface area contributed by atoms with Crippen LogP contribution in [-0.4, -0.2) is 25.8 Å². The quantitative estimate of drug-likeness (QED) is 0.413. The van der Waals surface area contributed by atoms with E-state index in [4.69, 9.17) is 4.74 Å². The lowest BCUT2D eigenvalue weighted by atomic mass is 10.4. The van der Waals surface area contributed by atoms with Gasteiger partial charge < -0.3 is 17.1 Å². The number of nitrogens with one attached hydrogen (secondary N) is 2. The number of hydrogen-bond donors (Lipinski definition) is 2. The Kier molecular flexibility index (Phi) is 3.63. The van der Waals surface area contributed by atoms with Gasteiger partial charge in [0.25, 0.3) is 0 Å². The third kappa shape index (κ3) is 1.59. The summed E-state index contributed by atoms with van der Waals surface area (Å²) in [6.45, 7) is 2.48. The van der Waals surface area contributed by atoms with Crippen molar-refractivity contribution >= 4 is 6.09 Å². The van der Waals surface area contributed by atoms with Crippen molar-refractivity contribution < 1.29 is 26.9 Å². The highest BCUT2D eigenvalue weighted by Crippen LogP contribution is 1.86. The van der Waals surface area contributed by atoms with Gasteiger partial charge in [-0.25, -0.2) is 0 Å². The van der Waals surface area contributed by atoms with E-state index in [2.05, 4.69) is 5.43 Å². The highest BCUT2D eigenvalue weighted by atomic mass is 35.5. The maximum absolute atomic E-state index is 10.7. The standard InChI is InChI=1S/C5H10N2O2.ClH/c1-4-3-9-5(8)7(4)6-2;/h4,6H,3H2,1-2H3;1H. The van der Waals surface area contributed by atoms with E-state index in [1.165, 1.54) is 0 Å². The molecule has 1 amide bonds. The van der Waals surface area contributed by atoms with Crippen LogP contribution in [-0.2, 0) is 4.74 Å². The van der Waals surface area contributed by atoms with Crippen molar-refractivity contribution in [3.8, 4) is 0 Å². The summed E-state index contributed by atoms with van der Waals surface area (Å²) in [5, 5.41) is 0.690. The molecule has 1 aliphatic heterocycles. The maximum Gasteiger partial charge on any atom is 0.534 e. The first kappa shape index (κ1) is 9.68. The molecule has 2 atom stereocenters. The maximum atomic E-state index is 10.7. The van der Waals surface area contributed by atoms with E-state index in [1.807, 2.05) is 6.92 Å². The molecule has 2 N–H and O–H groups in total. The summed E-state index contributed by atoms with van der Waals surface area (Å²) in [6, 6.07) is 0.238. The van der Waals surface area contributed by atoms with Gasteiger partial charge in [0, 0.05) is 7.05 Å². The molecule has 0 radical (unpaired) electrons. The number of ether oxygens (including phenoxy) is 1. The minimum Gasteiger partial charge on any atom is -1.00 e. The van der Waals surface area contributed by atoms with Gasteiger partial charge in [0.05, 0.1) is 0 Å². The number of carbonyl (C=O) groups is 1. The number of hydrogen-bond acceptors (Lipinski definition) is 3. The molecule has 0 aromatic rings. The molecule has 0 aliphatic carbocycles. The summed E-state index contributed by atoms with van der Waals surface area (Å²) in [6.07, 6.45) is -0.204. The van der Waals surface area contributed by atoms with Crippen molar-refractivity contribution in [2.45, 2.75) is 13.0 Å². The highest BCUT2D eigenvalue weighted by Gasteiger charge is 2.34. The van der Waals surface area contributed by atoms with Crippen LogP contribution in [0.15, 0.2) is 0 Å². The highest BCUT2D eigenvalue weighted by molar-refractivity contribution is 5.58. The lowest BCUT2D eigenvalue weighted by Crippen LogP contribution is -3.21. The number of halogens is 1. The fraction of sp³-hybridized carbons (Fsp3) is 0.800. The van der Waals surface area contributed by atoms with Crippen LogP contribution in [0, 0.1) is 0 Å².